The van der Waals surface area contributed by atoms with Gasteiger partial charge in [0, 0.05) is 5.56 Å². The Morgan fingerprint density at radius 1 is 1.03 bits per heavy atom. The van der Waals surface area contributed by atoms with E-state index in [-0.39, 0.29) is 16.4 Å². The van der Waals surface area contributed by atoms with Gasteiger partial charge in [0.1, 0.15) is 21.3 Å². The van der Waals surface area contributed by atoms with E-state index in [1.165, 1.54) is 18.4 Å². The highest BCUT2D eigenvalue weighted by molar-refractivity contribution is 7.90. The quantitative estimate of drug-likeness (QED) is 0.379. The molecule has 0 atom stereocenters. The molecule has 0 aliphatic rings. The molecule has 2 aromatic carbocycles. The Balaban J connectivity index is 1.77. The number of nitrogens with zero attached hydrogens (tertiary/aromatic N) is 3. The van der Waals surface area contributed by atoms with Crippen LogP contribution in [0.25, 0.3) is 16.2 Å². The van der Waals surface area contributed by atoms with Gasteiger partial charge in [-0.05, 0) is 63.9 Å². The second kappa shape index (κ2) is 8.70. The summed E-state index contributed by atoms with van der Waals surface area (Å²) < 4.78 is 34.0. The van der Waals surface area contributed by atoms with Gasteiger partial charge in [0.05, 0.1) is 29.9 Å². The summed E-state index contributed by atoms with van der Waals surface area (Å²) in [5.74, 6) is 0.0231. The Labute approximate surface area is 208 Å². The highest BCUT2D eigenvalue weighted by Crippen LogP contribution is 2.35. The van der Waals surface area contributed by atoms with Crippen LogP contribution in [-0.2, 0) is 26.8 Å². The molecule has 2 heterocycles. The number of aromatic nitrogens is 3. The first-order chi connectivity index (χ1) is 16.2. The second-order valence-corrected chi connectivity index (χ2v) is 12.5. The van der Waals surface area contributed by atoms with Crippen LogP contribution in [0.4, 0.5) is 0 Å². The lowest BCUT2D eigenvalue weighted by Gasteiger charge is -2.18. The predicted molar refractivity (Wildman–Crippen MR) is 135 cm³/mol. The van der Waals surface area contributed by atoms with Crippen LogP contribution in [0.3, 0.4) is 0 Å². The molecule has 2 N–H and O–H groups in total. The largest absolute Gasteiger partial charge is 0.495 e. The van der Waals surface area contributed by atoms with E-state index in [4.69, 9.17) is 4.74 Å². The number of hydrogen-bond acceptors (Lipinski definition) is 8. The maximum atomic E-state index is 13.5. The monoisotopic (exact) mass is 515 g/mol. The van der Waals surface area contributed by atoms with Gasteiger partial charge >= 0.3 is 0 Å². The number of benzene rings is 2. The van der Waals surface area contributed by atoms with Crippen molar-refractivity contribution in [2.45, 2.75) is 56.5 Å². The van der Waals surface area contributed by atoms with Crippen LogP contribution >= 0.6 is 11.3 Å². The normalized spacial score (nSPS) is 12.9. The van der Waals surface area contributed by atoms with Crippen molar-refractivity contribution in [1.29, 1.82) is 0 Å². The Bertz CT molecular complexity index is 1490. The molecule has 2 aromatic heterocycles. The SMILES string of the molecule is COc1ccc(-c2c(C)nc3sc(C(C)(C)O)nn23)cc1S(=O)(=O)Cc1ccc(C(C)(C)O)cc1. The fourth-order valence-electron chi connectivity index (χ4n) is 3.80. The van der Waals surface area contributed by atoms with E-state index < -0.39 is 21.0 Å². The van der Waals surface area contributed by atoms with Crippen molar-refractivity contribution in [3.05, 3.63) is 64.3 Å². The third-order valence-corrected chi connectivity index (χ3v) is 8.61. The molecule has 10 heteroatoms. The molecule has 0 aliphatic carbocycles. The zero-order chi connectivity index (χ0) is 25.8. The number of fused-ring (bicyclic) bond motifs is 1. The summed E-state index contributed by atoms with van der Waals surface area (Å²) >= 11 is 1.29. The molecule has 8 nitrogen and oxygen atoms in total. The minimum Gasteiger partial charge on any atom is -0.495 e. The van der Waals surface area contributed by atoms with Gasteiger partial charge in [-0.3, -0.25) is 0 Å². The van der Waals surface area contributed by atoms with E-state index in [0.29, 0.717) is 38.0 Å². The lowest BCUT2D eigenvalue weighted by atomic mass is 9.98. The van der Waals surface area contributed by atoms with E-state index in [0.717, 1.165) is 0 Å². The van der Waals surface area contributed by atoms with Gasteiger partial charge in [-0.2, -0.15) is 5.10 Å². The number of rotatable bonds is 7. The first kappa shape index (κ1) is 25.3. The van der Waals surface area contributed by atoms with E-state index in [1.54, 1.807) is 74.7 Å². The van der Waals surface area contributed by atoms with Crippen LogP contribution in [0.1, 0.15) is 49.5 Å². The summed E-state index contributed by atoms with van der Waals surface area (Å²) in [6.07, 6.45) is 0. The third kappa shape index (κ3) is 4.97. The molecule has 0 aliphatic heterocycles. The number of aliphatic hydroxyl groups is 2. The molecular weight excluding hydrogens is 486 g/mol. The topological polar surface area (TPSA) is 114 Å². The summed E-state index contributed by atoms with van der Waals surface area (Å²) in [6, 6.07) is 11.9. The molecule has 4 aromatic rings. The predicted octanol–water partition coefficient (Wildman–Crippen LogP) is 4.20. The summed E-state index contributed by atoms with van der Waals surface area (Å²) in [4.78, 5) is 5.24. The van der Waals surface area contributed by atoms with Crippen LogP contribution in [0.15, 0.2) is 47.4 Å². The van der Waals surface area contributed by atoms with Gasteiger partial charge in [-0.15, -0.1) is 0 Å². The zero-order valence-electron chi connectivity index (χ0n) is 20.5. The maximum absolute atomic E-state index is 13.5. The van der Waals surface area contributed by atoms with E-state index in [9.17, 15) is 18.6 Å². The Hall–Kier alpha value is -2.79. The molecule has 35 heavy (non-hydrogen) atoms. The van der Waals surface area contributed by atoms with Crippen molar-refractivity contribution < 1.29 is 23.4 Å². The van der Waals surface area contributed by atoms with Crippen molar-refractivity contribution in [3.63, 3.8) is 0 Å². The van der Waals surface area contributed by atoms with Gasteiger partial charge < -0.3 is 14.9 Å². The van der Waals surface area contributed by atoms with Crippen molar-refractivity contribution in [3.8, 4) is 17.0 Å². The van der Waals surface area contributed by atoms with Crippen LogP contribution < -0.4 is 4.74 Å². The number of ether oxygens (including phenoxy) is 1. The van der Waals surface area contributed by atoms with Gasteiger partial charge in [-0.1, -0.05) is 35.6 Å². The smallest absolute Gasteiger partial charge is 0.213 e. The molecule has 0 amide bonds. The average molecular weight is 516 g/mol. The lowest BCUT2D eigenvalue weighted by Crippen LogP contribution is -2.15. The van der Waals surface area contributed by atoms with Gasteiger partial charge in [-0.25, -0.2) is 17.9 Å². The van der Waals surface area contributed by atoms with Crippen LogP contribution in [0.2, 0.25) is 0 Å². The number of aryl methyl sites for hydroxylation is 1. The number of imidazole rings is 1. The van der Waals surface area contributed by atoms with Gasteiger partial charge in [0.15, 0.2) is 9.84 Å². The van der Waals surface area contributed by atoms with E-state index >= 15 is 0 Å². The first-order valence-corrected chi connectivity index (χ1v) is 13.5. The molecule has 0 unspecified atom stereocenters. The molecular formula is C25H29N3O5S2. The molecule has 0 radical (unpaired) electrons. The minimum absolute atomic E-state index is 0.0661. The Kier molecular flexibility index (Phi) is 6.29. The van der Waals surface area contributed by atoms with Crippen molar-refractivity contribution >= 4 is 26.1 Å². The summed E-state index contributed by atoms with van der Waals surface area (Å²) in [6.45, 7) is 8.51. The van der Waals surface area contributed by atoms with Crippen LogP contribution in [0.5, 0.6) is 5.75 Å². The molecule has 0 bridgehead atoms. The van der Waals surface area contributed by atoms with Crippen LogP contribution in [0, 0.1) is 6.92 Å². The highest BCUT2D eigenvalue weighted by Gasteiger charge is 2.27. The van der Waals surface area contributed by atoms with Gasteiger partial charge in [0.25, 0.3) is 0 Å². The second-order valence-electron chi connectivity index (χ2n) is 9.59. The van der Waals surface area contributed by atoms with Gasteiger partial charge in [0.2, 0.25) is 4.96 Å². The highest BCUT2D eigenvalue weighted by atomic mass is 32.2. The number of hydrogen-bond donors (Lipinski definition) is 2. The molecule has 0 spiro atoms. The van der Waals surface area contributed by atoms with Crippen molar-refractivity contribution in [1.82, 2.24) is 14.6 Å². The van der Waals surface area contributed by atoms with E-state index in [1.807, 2.05) is 6.92 Å². The fraction of sp³-hybridized carbons (Fsp3) is 0.360. The molecule has 0 fully saturated rings. The molecule has 4 rings (SSSR count). The Morgan fingerprint density at radius 2 is 1.69 bits per heavy atom. The summed E-state index contributed by atoms with van der Waals surface area (Å²) in [5.41, 5.74) is 1.15. The first-order valence-electron chi connectivity index (χ1n) is 11.0. The fourth-order valence-corrected chi connectivity index (χ4v) is 6.30. The molecule has 186 valence electrons. The minimum atomic E-state index is -3.78. The molecule has 0 saturated heterocycles. The van der Waals surface area contributed by atoms with E-state index in [2.05, 4.69) is 10.1 Å². The molecule has 0 saturated carbocycles. The number of sulfone groups is 1. The number of methoxy groups -OCH3 is 1. The van der Waals surface area contributed by atoms with Crippen molar-refractivity contribution in [2.75, 3.05) is 7.11 Å². The third-order valence-electron chi connectivity index (χ3n) is 5.69. The Morgan fingerprint density at radius 3 is 2.26 bits per heavy atom. The standard InChI is InChI=1S/C25H29N3O5S2/c1-15-21(28-23(26-15)34-22(27-28)25(4,5)30)17-9-12-19(33-6)20(13-17)35(31,32)14-16-7-10-18(11-8-16)24(2,3)29/h7-13,29-30H,14H2,1-6H3. The van der Waals surface area contributed by atoms with Crippen LogP contribution in [-0.4, -0.2) is 40.3 Å². The zero-order valence-corrected chi connectivity index (χ0v) is 22.2. The maximum Gasteiger partial charge on any atom is 0.213 e. The van der Waals surface area contributed by atoms with Crippen molar-refractivity contribution in [2.24, 2.45) is 0 Å². The lowest BCUT2D eigenvalue weighted by molar-refractivity contribution is 0.0771. The summed E-state index contributed by atoms with van der Waals surface area (Å²) in [7, 11) is -2.34. The summed E-state index contributed by atoms with van der Waals surface area (Å²) in [5, 5.41) is 25.6. The average Bonchev–Trinajstić information content (AvgIpc) is 3.29.